The minimum absolute atomic E-state index is 0.155. The minimum Gasteiger partial charge on any atom is -0.507 e. The summed E-state index contributed by atoms with van der Waals surface area (Å²) in [5.74, 6) is 0.410. The molecule has 5 nitrogen and oxygen atoms in total. The molecule has 4 aromatic rings. The molecule has 0 amide bonds. The first kappa shape index (κ1) is 19.7. The van der Waals surface area contributed by atoms with Crippen LogP contribution in [0, 0.1) is 0 Å². The van der Waals surface area contributed by atoms with Crippen LogP contribution in [0.1, 0.15) is 0 Å². The largest absolute Gasteiger partial charge is 0.507 e. The van der Waals surface area contributed by atoms with Gasteiger partial charge in [0.2, 0.25) is 0 Å². The predicted octanol–water partition coefficient (Wildman–Crippen LogP) is 5.34. The number of aryl methyl sites for hydroxylation is 1. The third-order valence-corrected chi connectivity index (χ3v) is 5.21. The van der Waals surface area contributed by atoms with Crippen LogP contribution < -0.4 is 11.5 Å². The summed E-state index contributed by atoms with van der Waals surface area (Å²) in [6, 6.07) is 12.0. The molecule has 0 saturated heterocycles. The molecular formula is C21H20ClN3O2S. The normalized spacial score (nSPS) is 10.4. The average Bonchev–Trinajstić information content (AvgIpc) is 3.33. The van der Waals surface area contributed by atoms with Crippen molar-refractivity contribution in [1.82, 2.24) is 4.57 Å². The van der Waals surface area contributed by atoms with Crippen LogP contribution in [0.25, 0.3) is 22.3 Å². The highest BCUT2D eigenvalue weighted by molar-refractivity contribution is 7.08. The van der Waals surface area contributed by atoms with Gasteiger partial charge in [-0.15, -0.1) is 0 Å². The first-order valence-corrected chi connectivity index (χ1v) is 9.69. The van der Waals surface area contributed by atoms with Crippen molar-refractivity contribution in [2.75, 3.05) is 11.5 Å². The van der Waals surface area contributed by atoms with E-state index in [0.717, 1.165) is 16.7 Å². The van der Waals surface area contributed by atoms with Crippen molar-refractivity contribution in [3.63, 3.8) is 0 Å². The molecule has 0 fully saturated rings. The Morgan fingerprint density at radius 2 is 1.71 bits per heavy atom. The third kappa shape index (κ3) is 4.24. The number of phenols is 2. The molecule has 144 valence electrons. The minimum atomic E-state index is 0.155. The van der Waals surface area contributed by atoms with E-state index in [1.807, 2.05) is 46.9 Å². The van der Waals surface area contributed by atoms with Crippen LogP contribution in [-0.2, 0) is 7.05 Å². The lowest BCUT2D eigenvalue weighted by Gasteiger charge is -2.07. The van der Waals surface area contributed by atoms with E-state index in [4.69, 9.17) is 23.1 Å². The Kier molecular flexibility index (Phi) is 5.82. The smallest absolute Gasteiger partial charge is 0.125 e. The lowest BCUT2D eigenvalue weighted by atomic mass is 10.1. The summed E-state index contributed by atoms with van der Waals surface area (Å²) in [5, 5.41) is 23.5. The lowest BCUT2D eigenvalue weighted by molar-refractivity contribution is 0.477. The third-order valence-electron chi connectivity index (χ3n) is 4.12. The number of aromatic nitrogens is 1. The van der Waals surface area contributed by atoms with Crippen LogP contribution in [0.4, 0.5) is 11.4 Å². The molecule has 2 heterocycles. The van der Waals surface area contributed by atoms with E-state index >= 15 is 0 Å². The Hall–Kier alpha value is -3.09. The fourth-order valence-corrected chi connectivity index (χ4v) is 3.63. The molecule has 0 saturated carbocycles. The quantitative estimate of drug-likeness (QED) is 0.263. The number of hydrogen-bond acceptors (Lipinski definition) is 5. The van der Waals surface area contributed by atoms with Gasteiger partial charge in [0.1, 0.15) is 11.5 Å². The first-order chi connectivity index (χ1) is 13.4. The zero-order chi connectivity index (χ0) is 20.3. The van der Waals surface area contributed by atoms with Crippen molar-refractivity contribution in [2.24, 2.45) is 7.05 Å². The average molecular weight is 414 g/mol. The molecule has 0 spiro atoms. The van der Waals surface area contributed by atoms with Crippen molar-refractivity contribution < 1.29 is 10.2 Å². The van der Waals surface area contributed by atoms with Crippen LogP contribution in [-0.4, -0.2) is 14.8 Å². The Morgan fingerprint density at radius 1 is 0.964 bits per heavy atom. The van der Waals surface area contributed by atoms with Crippen LogP contribution in [0.5, 0.6) is 11.5 Å². The highest BCUT2D eigenvalue weighted by atomic mass is 35.5. The van der Waals surface area contributed by atoms with Crippen molar-refractivity contribution in [3.05, 3.63) is 70.6 Å². The van der Waals surface area contributed by atoms with Gasteiger partial charge in [-0.1, -0.05) is 11.6 Å². The number of aromatic hydroxyl groups is 2. The van der Waals surface area contributed by atoms with Gasteiger partial charge in [0.15, 0.2) is 0 Å². The zero-order valence-corrected chi connectivity index (χ0v) is 16.7. The van der Waals surface area contributed by atoms with Crippen LogP contribution in [0.3, 0.4) is 0 Å². The van der Waals surface area contributed by atoms with Gasteiger partial charge in [0.05, 0.1) is 10.7 Å². The number of hydrogen-bond donors (Lipinski definition) is 4. The monoisotopic (exact) mass is 413 g/mol. The molecule has 7 heteroatoms. The fraction of sp³-hybridized carbons (Fsp3) is 0.0476. The summed E-state index contributed by atoms with van der Waals surface area (Å²) in [5.41, 5.74) is 15.7. The van der Waals surface area contributed by atoms with E-state index in [0.29, 0.717) is 22.0 Å². The van der Waals surface area contributed by atoms with Crippen molar-refractivity contribution in [1.29, 1.82) is 0 Å². The molecule has 4 rings (SSSR count). The van der Waals surface area contributed by atoms with Crippen LogP contribution >= 0.6 is 22.9 Å². The van der Waals surface area contributed by atoms with Gasteiger partial charge in [-0.2, -0.15) is 11.3 Å². The van der Waals surface area contributed by atoms with Crippen LogP contribution in [0.2, 0.25) is 5.02 Å². The van der Waals surface area contributed by atoms with Crippen molar-refractivity contribution in [2.45, 2.75) is 0 Å². The number of nitrogen functional groups attached to an aromatic ring is 2. The highest BCUT2D eigenvalue weighted by Gasteiger charge is 2.11. The van der Waals surface area contributed by atoms with E-state index in [2.05, 4.69) is 0 Å². The molecule has 0 radical (unpaired) electrons. The molecule has 0 aliphatic carbocycles. The first-order valence-electron chi connectivity index (χ1n) is 8.37. The van der Waals surface area contributed by atoms with E-state index < -0.39 is 0 Å². The molecule has 6 N–H and O–H groups in total. The Balaban J connectivity index is 0.000000161. The molecule has 0 bridgehead atoms. The maximum Gasteiger partial charge on any atom is 0.125 e. The zero-order valence-electron chi connectivity index (χ0n) is 15.1. The van der Waals surface area contributed by atoms with Gasteiger partial charge in [0.25, 0.3) is 0 Å². The molecule has 0 aliphatic heterocycles. The predicted molar refractivity (Wildman–Crippen MR) is 118 cm³/mol. The van der Waals surface area contributed by atoms with Gasteiger partial charge in [0, 0.05) is 41.8 Å². The molecular weight excluding hydrogens is 394 g/mol. The van der Waals surface area contributed by atoms with Crippen LogP contribution in [0.15, 0.2) is 65.6 Å². The number of nitrogens with two attached hydrogens (primary N) is 2. The second kappa shape index (κ2) is 8.29. The molecule has 0 atom stereocenters. The van der Waals surface area contributed by atoms with Crippen molar-refractivity contribution in [3.8, 4) is 33.8 Å². The van der Waals surface area contributed by atoms with Gasteiger partial charge < -0.3 is 26.2 Å². The number of benzene rings is 2. The number of anilines is 2. The summed E-state index contributed by atoms with van der Waals surface area (Å²) in [4.78, 5) is 0. The topological polar surface area (TPSA) is 97.4 Å². The molecule has 2 aromatic carbocycles. The van der Waals surface area contributed by atoms with E-state index in [1.165, 1.54) is 0 Å². The maximum absolute atomic E-state index is 9.65. The molecule has 0 aliphatic rings. The molecule has 0 unspecified atom stereocenters. The number of rotatable bonds is 2. The van der Waals surface area contributed by atoms with Gasteiger partial charge in [-0.3, -0.25) is 0 Å². The van der Waals surface area contributed by atoms with E-state index in [1.54, 1.807) is 41.7 Å². The van der Waals surface area contributed by atoms with Crippen molar-refractivity contribution >= 4 is 34.3 Å². The van der Waals surface area contributed by atoms with E-state index in [9.17, 15) is 10.2 Å². The Labute approximate surface area is 172 Å². The maximum atomic E-state index is 9.65. The van der Waals surface area contributed by atoms with Gasteiger partial charge in [-0.05, 0) is 58.8 Å². The lowest BCUT2D eigenvalue weighted by Crippen LogP contribution is -1.88. The van der Waals surface area contributed by atoms with E-state index in [-0.39, 0.29) is 11.5 Å². The highest BCUT2D eigenvalue weighted by Crippen LogP contribution is 2.39. The number of nitrogens with zero attached hydrogens (tertiary/aromatic N) is 1. The second-order valence-electron chi connectivity index (χ2n) is 6.22. The summed E-state index contributed by atoms with van der Waals surface area (Å²) >= 11 is 7.56. The SMILES string of the molecule is Cn1ccc(-c2cc(N)ccc2O)c1.Nc1ccc(O)c(-c2ccsc2)c1Cl. The Morgan fingerprint density at radius 3 is 2.36 bits per heavy atom. The second-order valence-corrected chi connectivity index (χ2v) is 7.38. The summed E-state index contributed by atoms with van der Waals surface area (Å²) in [7, 11) is 1.94. The number of halogens is 1. The number of thiophene rings is 1. The summed E-state index contributed by atoms with van der Waals surface area (Å²) in [6.07, 6.45) is 3.87. The Bertz CT molecular complexity index is 1090. The number of phenolic OH excluding ortho intramolecular Hbond substituents is 2. The summed E-state index contributed by atoms with van der Waals surface area (Å²) < 4.78 is 1.93. The van der Waals surface area contributed by atoms with Gasteiger partial charge >= 0.3 is 0 Å². The van der Waals surface area contributed by atoms with Gasteiger partial charge in [-0.25, -0.2) is 0 Å². The fourth-order valence-electron chi connectivity index (χ4n) is 2.71. The standard InChI is InChI=1S/C11H12N2O.C10H8ClNOS/c1-13-5-4-8(7-13)10-6-9(12)2-3-11(10)14;11-10-7(12)1-2-8(13)9(10)6-3-4-14-5-6/h2-7,14H,12H2,1H3;1-5,13H,12H2. The molecule has 2 aromatic heterocycles. The summed E-state index contributed by atoms with van der Waals surface area (Å²) in [6.45, 7) is 0. The molecule has 28 heavy (non-hydrogen) atoms.